The van der Waals surface area contributed by atoms with Crippen LogP contribution in [-0.2, 0) is 9.84 Å². The molecular formula is C13H17N3O2S. The minimum atomic E-state index is -3.15. The summed E-state index contributed by atoms with van der Waals surface area (Å²) < 4.78 is 22.8. The van der Waals surface area contributed by atoms with Crippen molar-refractivity contribution in [3.63, 3.8) is 0 Å². The predicted molar refractivity (Wildman–Crippen MR) is 75.9 cm³/mol. The molecule has 102 valence electrons. The summed E-state index contributed by atoms with van der Waals surface area (Å²) in [7, 11) is -3.15. The summed E-state index contributed by atoms with van der Waals surface area (Å²) >= 11 is 0. The van der Waals surface area contributed by atoms with Crippen LogP contribution in [0.25, 0.3) is 11.3 Å². The second kappa shape index (κ2) is 5.05. The second-order valence-corrected chi connectivity index (χ2v) is 6.78. The van der Waals surface area contributed by atoms with Crippen molar-refractivity contribution in [2.24, 2.45) is 0 Å². The Morgan fingerprint density at radius 3 is 2.37 bits per heavy atom. The van der Waals surface area contributed by atoms with Crippen LogP contribution in [-0.4, -0.2) is 30.9 Å². The highest BCUT2D eigenvalue weighted by Gasteiger charge is 2.08. The molecule has 0 atom stereocenters. The normalized spacial score (nSPS) is 11.8. The summed E-state index contributed by atoms with van der Waals surface area (Å²) in [6.07, 6.45) is 1.20. The lowest BCUT2D eigenvalue weighted by molar-refractivity contribution is 0.602. The molecular weight excluding hydrogens is 262 g/mol. The summed E-state index contributed by atoms with van der Waals surface area (Å²) in [6.45, 7) is 4.07. The molecule has 0 aliphatic heterocycles. The predicted octanol–water partition coefficient (Wildman–Crippen LogP) is 2.30. The summed E-state index contributed by atoms with van der Waals surface area (Å²) in [6, 6.07) is 8.94. The largest absolute Gasteiger partial charge is 0.366 e. The molecule has 0 fully saturated rings. The van der Waals surface area contributed by atoms with E-state index in [0.29, 0.717) is 10.9 Å². The van der Waals surface area contributed by atoms with E-state index < -0.39 is 9.84 Å². The van der Waals surface area contributed by atoms with Crippen LogP contribution < -0.4 is 5.32 Å². The molecule has 0 saturated carbocycles. The van der Waals surface area contributed by atoms with Gasteiger partial charge in [-0.1, -0.05) is 12.1 Å². The fourth-order valence-electron chi connectivity index (χ4n) is 1.72. The van der Waals surface area contributed by atoms with Gasteiger partial charge in [0.05, 0.1) is 10.6 Å². The van der Waals surface area contributed by atoms with Crippen LogP contribution in [0.15, 0.2) is 35.2 Å². The molecule has 0 aliphatic rings. The van der Waals surface area contributed by atoms with Crippen molar-refractivity contribution in [1.29, 1.82) is 0 Å². The van der Waals surface area contributed by atoms with Gasteiger partial charge in [-0.2, -0.15) is 5.10 Å². The molecule has 0 bridgehead atoms. The van der Waals surface area contributed by atoms with E-state index >= 15 is 0 Å². The van der Waals surface area contributed by atoms with Gasteiger partial charge in [-0.3, -0.25) is 5.10 Å². The third-order valence-corrected chi connectivity index (χ3v) is 3.74. The smallest absolute Gasteiger partial charge is 0.175 e. The molecule has 0 amide bonds. The van der Waals surface area contributed by atoms with Gasteiger partial charge in [0.2, 0.25) is 0 Å². The molecule has 6 heteroatoms. The molecule has 0 radical (unpaired) electrons. The number of nitrogens with zero attached hydrogens (tertiary/aromatic N) is 1. The van der Waals surface area contributed by atoms with E-state index in [1.807, 2.05) is 19.9 Å². The van der Waals surface area contributed by atoms with Gasteiger partial charge in [-0.25, -0.2) is 8.42 Å². The first-order chi connectivity index (χ1) is 8.86. The van der Waals surface area contributed by atoms with E-state index in [-0.39, 0.29) is 0 Å². The Bertz CT molecular complexity index is 657. The Labute approximate surface area is 113 Å². The molecule has 19 heavy (non-hydrogen) atoms. The van der Waals surface area contributed by atoms with Crippen LogP contribution in [0.4, 0.5) is 5.82 Å². The van der Waals surface area contributed by atoms with Crippen molar-refractivity contribution in [2.45, 2.75) is 24.8 Å². The molecule has 2 rings (SSSR count). The van der Waals surface area contributed by atoms with E-state index in [1.165, 1.54) is 6.26 Å². The van der Waals surface area contributed by atoms with Gasteiger partial charge in [0.1, 0.15) is 5.82 Å². The fraction of sp³-hybridized carbons (Fsp3) is 0.308. The lowest BCUT2D eigenvalue weighted by Crippen LogP contribution is -2.09. The van der Waals surface area contributed by atoms with Crippen molar-refractivity contribution in [3.05, 3.63) is 30.3 Å². The molecule has 0 spiro atoms. The zero-order valence-corrected chi connectivity index (χ0v) is 12.0. The van der Waals surface area contributed by atoms with E-state index in [4.69, 9.17) is 0 Å². The average Bonchev–Trinajstić information content (AvgIpc) is 2.75. The van der Waals surface area contributed by atoms with Gasteiger partial charge in [-0.15, -0.1) is 0 Å². The van der Waals surface area contributed by atoms with Crippen molar-refractivity contribution < 1.29 is 8.42 Å². The lowest BCUT2D eigenvalue weighted by Gasteiger charge is -2.04. The number of anilines is 1. The first-order valence-electron chi connectivity index (χ1n) is 5.99. The molecule has 2 aromatic rings. The topological polar surface area (TPSA) is 74.8 Å². The minimum Gasteiger partial charge on any atom is -0.366 e. The van der Waals surface area contributed by atoms with Crippen LogP contribution in [0.5, 0.6) is 0 Å². The lowest BCUT2D eigenvalue weighted by atomic mass is 10.1. The zero-order valence-electron chi connectivity index (χ0n) is 11.1. The number of hydrogen-bond acceptors (Lipinski definition) is 4. The van der Waals surface area contributed by atoms with Crippen molar-refractivity contribution >= 4 is 15.7 Å². The maximum absolute atomic E-state index is 11.4. The van der Waals surface area contributed by atoms with Crippen LogP contribution in [0.3, 0.4) is 0 Å². The van der Waals surface area contributed by atoms with E-state index in [1.54, 1.807) is 24.3 Å². The molecule has 1 aromatic carbocycles. The quantitative estimate of drug-likeness (QED) is 0.900. The van der Waals surface area contributed by atoms with Crippen molar-refractivity contribution in [2.75, 3.05) is 11.6 Å². The number of hydrogen-bond donors (Lipinski definition) is 2. The monoisotopic (exact) mass is 279 g/mol. The molecule has 0 unspecified atom stereocenters. The summed E-state index contributed by atoms with van der Waals surface area (Å²) in [4.78, 5) is 0.316. The Kier molecular flexibility index (Phi) is 3.61. The zero-order chi connectivity index (χ0) is 14.0. The number of nitrogens with one attached hydrogen (secondary N) is 2. The number of benzene rings is 1. The SMILES string of the molecule is CC(C)Nc1cc(-c2ccc(S(C)(=O)=O)cc2)[nH]n1. The molecule has 5 nitrogen and oxygen atoms in total. The molecule has 1 heterocycles. The maximum atomic E-state index is 11.4. The van der Waals surface area contributed by atoms with Gasteiger partial charge in [0.15, 0.2) is 9.84 Å². The highest BCUT2D eigenvalue weighted by molar-refractivity contribution is 7.90. The molecule has 0 saturated heterocycles. The molecule has 1 aromatic heterocycles. The van der Waals surface area contributed by atoms with Crippen LogP contribution in [0, 0.1) is 0 Å². The number of rotatable bonds is 4. The van der Waals surface area contributed by atoms with Crippen LogP contribution >= 0.6 is 0 Å². The summed E-state index contributed by atoms with van der Waals surface area (Å²) in [5.41, 5.74) is 1.75. The number of aromatic nitrogens is 2. The van der Waals surface area contributed by atoms with Gasteiger partial charge in [0, 0.05) is 18.4 Å². The molecule has 2 N–H and O–H groups in total. The highest BCUT2D eigenvalue weighted by atomic mass is 32.2. The molecule has 0 aliphatic carbocycles. The van der Waals surface area contributed by atoms with Gasteiger partial charge < -0.3 is 5.32 Å². The van der Waals surface area contributed by atoms with Gasteiger partial charge >= 0.3 is 0 Å². The van der Waals surface area contributed by atoms with Gasteiger partial charge in [-0.05, 0) is 31.5 Å². The Balaban J connectivity index is 2.25. The Morgan fingerprint density at radius 1 is 1.21 bits per heavy atom. The standard InChI is InChI=1S/C13H17N3O2S/c1-9(2)14-13-8-12(15-16-13)10-4-6-11(7-5-10)19(3,17)18/h4-9H,1-3H3,(H2,14,15,16). The Morgan fingerprint density at radius 2 is 1.84 bits per heavy atom. The van der Waals surface area contributed by atoms with Gasteiger partial charge in [0.25, 0.3) is 0 Å². The fourth-order valence-corrected chi connectivity index (χ4v) is 2.35. The highest BCUT2D eigenvalue weighted by Crippen LogP contribution is 2.21. The summed E-state index contributed by atoms with van der Waals surface area (Å²) in [5.74, 6) is 0.775. The number of sulfone groups is 1. The second-order valence-electron chi connectivity index (χ2n) is 4.76. The first-order valence-corrected chi connectivity index (χ1v) is 7.88. The van der Waals surface area contributed by atoms with E-state index in [2.05, 4.69) is 15.5 Å². The third-order valence-electron chi connectivity index (χ3n) is 2.61. The first kappa shape index (κ1) is 13.6. The van der Waals surface area contributed by atoms with Crippen molar-refractivity contribution in [3.8, 4) is 11.3 Å². The minimum absolute atomic E-state index is 0.309. The van der Waals surface area contributed by atoms with Crippen LogP contribution in [0.1, 0.15) is 13.8 Å². The van der Waals surface area contributed by atoms with E-state index in [0.717, 1.165) is 17.1 Å². The third kappa shape index (κ3) is 3.35. The van der Waals surface area contributed by atoms with E-state index in [9.17, 15) is 8.42 Å². The summed E-state index contributed by atoms with van der Waals surface area (Å²) in [5, 5.41) is 10.3. The van der Waals surface area contributed by atoms with Crippen molar-refractivity contribution in [1.82, 2.24) is 10.2 Å². The van der Waals surface area contributed by atoms with Crippen LogP contribution in [0.2, 0.25) is 0 Å². The Hall–Kier alpha value is -1.82. The average molecular weight is 279 g/mol. The maximum Gasteiger partial charge on any atom is 0.175 e. The number of aromatic amines is 1. The number of H-pyrrole nitrogens is 1.